The zero-order valence-corrected chi connectivity index (χ0v) is 33.4. The molecule has 0 radical (unpaired) electrons. The van der Waals surface area contributed by atoms with Crippen LogP contribution in [0.2, 0.25) is 0 Å². The van der Waals surface area contributed by atoms with Crippen molar-refractivity contribution in [1.82, 2.24) is 4.57 Å². The van der Waals surface area contributed by atoms with Gasteiger partial charge in [-0.05, 0) is 109 Å². The molecule has 2 heteroatoms. The standard InChI is InChI=1S/C58H35NS/c1-4-13-36(14-5-1)43-32-47(38-17-8-3-9-18-38)57-50(34-43)51-35-44(37-15-6-2-7-16-37)33-48(58(51)60-57)42-27-30-54-49(31-42)45-21-10-11-22-52(45)59(54)53-29-26-41-24-23-39-19-12-20-40-25-28-46(53)56(41)55(39)40/h1-35H. The number of hydrogen-bond donors (Lipinski definition) is 0. The number of aromatic nitrogens is 1. The highest BCUT2D eigenvalue weighted by atomic mass is 32.1. The van der Waals surface area contributed by atoms with Crippen LogP contribution in [0.5, 0.6) is 0 Å². The molecule has 0 aliphatic rings. The Hall–Kier alpha value is -7.52. The summed E-state index contributed by atoms with van der Waals surface area (Å²) in [4.78, 5) is 0. The van der Waals surface area contributed by atoms with Gasteiger partial charge in [-0.15, -0.1) is 11.3 Å². The molecule has 278 valence electrons. The largest absolute Gasteiger partial charge is 0.309 e. The van der Waals surface area contributed by atoms with E-state index in [0.717, 1.165) is 0 Å². The van der Waals surface area contributed by atoms with Crippen LogP contribution in [0.4, 0.5) is 0 Å². The van der Waals surface area contributed by atoms with E-state index in [1.807, 2.05) is 11.3 Å². The van der Waals surface area contributed by atoms with Crippen molar-refractivity contribution in [2.24, 2.45) is 0 Å². The van der Waals surface area contributed by atoms with Crippen LogP contribution in [0.15, 0.2) is 212 Å². The molecule has 0 unspecified atom stereocenters. The van der Waals surface area contributed by atoms with Crippen LogP contribution in [-0.4, -0.2) is 4.57 Å². The van der Waals surface area contributed by atoms with E-state index in [0.29, 0.717) is 0 Å². The fourth-order valence-electron chi connectivity index (χ4n) is 9.94. The van der Waals surface area contributed by atoms with Gasteiger partial charge in [-0.25, -0.2) is 0 Å². The van der Waals surface area contributed by atoms with Gasteiger partial charge in [0.1, 0.15) is 0 Å². The lowest BCUT2D eigenvalue weighted by Gasteiger charge is -2.16. The summed E-state index contributed by atoms with van der Waals surface area (Å²) in [5.74, 6) is 0. The fraction of sp³-hybridized carbons (Fsp3) is 0. The third-order valence-electron chi connectivity index (χ3n) is 12.7. The fourth-order valence-corrected chi connectivity index (χ4v) is 11.3. The van der Waals surface area contributed by atoms with Gasteiger partial charge in [-0.1, -0.05) is 164 Å². The zero-order chi connectivity index (χ0) is 39.3. The first-order valence-corrected chi connectivity index (χ1v) is 21.5. The molecule has 0 atom stereocenters. The van der Waals surface area contributed by atoms with Crippen LogP contribution in [0.1, 0.15) is 0 Å². The molecule has 0 bridgehead atoms. The van der Waals surface area contributed by atoms with Crippen molar-refractivity contribution in [3.8, 4) is 50.2 Å². The van der Waals surface area contributed by atoms with Gasteiger partial charge in [-0.3, -0.25) is 0 Å². The van der Waals surface area contributed by atoms with Gasteiger partial charge < -0.3 is 4.57 Å². The van der Waals surface area contributed by atoms with Crippen molar-refractivity contribution >= 4 is 85.6 Å². The highest BCUT2D eigenvalue weighted by molar-refractivity contribution is 7.27. The summed E-state index contributed by atoms with van der Waals surface area (Å²) in [7, 11) is 0. The summed E-state index contributed by atoms with van der Waals surface area (Å²) in [6, 6.07) is 78.7. The van der Waals surface area contributed by atoms with E-state index >= 15 is 0 Å². The summed E-state index contributed by atoms with van der Waals surface area (Å²) < 4.78 is 5.11. The number of para-hydroxylation sites is 1. The molecule has 0 saturated heterocycles. The summed E-state index contributed by atoms with van der Waals surface area (Å²) >= 11 is 1.92. The second-order valence-electron chi connectivity index (χ2n) is 16.0. The normalized spacial score (nSPS) is 12.0. The maximum Gasteiger partial charge on any atom is 0.0541 e. The molecular weight excluding hydrogens is 743 g/mol. The Bertz CT molecular complexity index is 3780. The van der Waals surface area contributed by atoms with Gasteiger partial charge in [0, 0.05) is 47.5 Å². The van der Waals surface area contributed by atoms with Crippen LogP contribution in [0, 0.1) is 0 Å². The summed E-state index contributed by atoms with van der Waals surface area (Å²) in [6.45, 7) is 0. The topological polar surface area (TPSA) is 4.93 Å². The van der Waals surface area contributed by atoms with Crippen molar-refractivity contribution in [1.29, 1.82) is 0 Å². The van der Waals surface area contributed by atoms with Crippen molar-refractivity contribution < 1.29 is 0 Å². The molecule has 0 fully saturated rings. The molecule has 0 amide bonds. The predicted octanol–water partition coefficient (Wildman–Crippen LogP) is 16.7. The van der Waals surface area contributed by atoms with E-state index in [-0.39, 0.29) is 0 Å². The predicted molar refractivity (Wildman–Crippen MR) is 259 cm³/mol. The minimum atomic E-state index is 1.21. The molecule has 11 aromatic carbocycles. The number of thiophene rings is 1. The van der Waals surface area contributed by atoms with E-state index in [2.05, 4.69) is 217 Å². The summed E-state index contributed by atoms with van der Waals surface area (Å²) in [5.41, 5.74) is 13.5. The molecule has 0 aliphatic heterocycles. The van der Waals surface area contributed by atoms with E-state index in [1.54, 1.807) is 0 Å². The first-order valence-electron chi connectivity index (χ1n) is 20.7. The van der Waals surface area contributed by atoms with Crippen LogP contribution < -0.4 is 0 Å². The number of fused-ring (bicyclic) bond motifs is 6. The monoisotopic (exact) mass is 777 g/mol. The molecule has 60 heavy (non-hydrogen) atoms. The highest BCUT2D eigenvalue weighted by Gasteiger charge is 2.21. The molecular formula is C58H35NS. The van der Waals surface area contributed by atoms with E-state index < -0.39 is 0 Å². The van der Waals surface area contributed by atoms with Gasteiger partial charge in [0.05, 0.1) is 16.7 Å². The molecule has 2 aromatic heterocycles. The van der Waals surface area contributed by atoms with E-state index in [4.69, 9.17) is 0 Å². The minimum Gasteiger partial charge on any atom is -0.309 e. The van der Waals surface area contributed by atoms with Crippen LogP contribution in [0.25, 0.3) is 124 Å². The molecule has 0 spiro atoms. The number of benzene rings is 11. The second-order valence-corrected chi connectivity index (χ2v) is 17.0. The van der Waals surface area contributed by atoms with E-state index in [9.17, 15) is 0 Å². The second kappa shape index (κ2) is 13.0. The molecule has 2 heterocycles. The lowest BCUT2D eigenvalue weighted by molar-refractivity contribution is 1.20. The van der Waals surface area contributed by atoms with E-state index in [1.165, 1.54) is 124 Å². The number of nitrogens with zero attached hydrogens (tertiary/aromatic N) is 1. The molecule has 0 N–H and O–H groups in total. The average Bonchev–Trinajstić information content (AvgIpc) is 3.86. The molecule has 13 rings (SSSR count). The van der Waals surface area contributed by atoms with Crippen LogP contribution >= 0.6 is 11.3 Å². The first kappa shape index (κ1) is 33.5. The van der Waals surface area contributed by atoms with Crippen molar-refractivity contribution in [3.63, 3.8) is 0 Å². The Labute approximate surface area is 351 Å². The lowest BCUT2D eigenvalue weighted by atomic mass is 9.93. The van der Waals surface area contributed by atoms with Gasteiger partial charge >= 0.3 is 0 Å². The highest BCUT2D eigenvalue weighted by Crippen LogP contribution is 2.48. The van der Waals surface area contributed by atoms with Gasteiger partial charge in [0.25, 0.3) is 0 Å². The van der Waals surface area contributed by atoms with Crippen molar-refractivity contribution in [2.75, 3.05) is 0 Å². The third-order valence-corrected chi connectivity index (χ3v) is 14.0. The Balaban J connectivity index is 1.09. The summed E-state index contributed by atoms with van der Waals surface area (Å²) in [6.07, 6.45) is 0. The molecule has 0 saturated carbocycles. The zero-order valence-electron chi connectivity index (χ0n) is 32.6. The maximum atomic E-state index is 2.49. The Morgan fingerprint density at radius 3 is 1.47 bits per heavy atom. The maximum absolute atomic E-state index is 2.49. The van der Waals surface area contributed by atoms with Crippen molar-refractivity contribution in [3.05, 3.63) is 212 Å². The average molecular weight is 778 g/mol. The van der Waals surface area contributed by atoms with Gasteiger partial charge in [0.2, 0.25) is 0 Å². The Morgan fingerprint density at radius 2 is 0.800 bits per heavy atom. The van der Waals surface area contributed by atoms with Crippen LogP contribution in [0.3, 0.4) is 0 Å². The SMILES string of the molecule is c1ccc(-c2cc(-c3ccccc3)c3sc4c(-c5ccc6c(c5)c5ccccc5n6-c5ccc6ccc7cccc8ccc5c6c78)cc(-c5ccccc5)cc4c3c2)cc1. The first-order chi connectivity index (χ1) is 29.7. The minimum absolute atomic E-state index is 1.21. The van der Waals surface area contributed by atoms with Crippen molar-refractivity contribution in [2.45, 2.75) is 0 Å². The Morgan fingerprint density at radius 1 is 0.283 bits per heavy atom. The third kappa shape index (κ3) is 4.98. The number of hydrogen-bond acceptors (Lipinski definition) is 1. The van der Waals surface area contributed by atoms with Gasteiger partial charge in [-0.2, -0.15) is 0 Å². The molecule has 13 aromatic rings. The summed E-state index contributed by atoms with van der Waals surface area (Å²) in [5, 5.41) is 12.9. The van der Waals surface area contributed by atoms with Crippen LogP contribution in [-0.2, 0) is 0 Å². The molecule has 1 nitrogen and oxygen atoms in total. The quantitative estimate of drug-likeness (QED) is 0.153. The number of rotatable bonds is 5. The molecule has 0 aliphatic carbocycles. The smallest absolute Gasteiger partial charge is 0.0541 e. The lowest BCUT2D eigenvalue weighted by Crippen LogP contribution is -1.96. The Kier molecular flexibility index (Phi) is 7.24. The van der Waals surface area contributed by atoms with Gasteiger partial charge in [0.15, 0.2) is 0 Å².